The molecule has 0 aliphatic rings. The summed E-state index contributed by atoms with van der Waals surface area (Å²) in [6, 6.07) is 0. The van der Waals surface area contributed by atoms with E-state index in [4.69, 9.17) is 5.11 Å². The van der Waals surface area contributed by atoms with Crippen molar-refractivity contribution in [3.05, 3.63) is 0 Å². The molecule has 0 fully saturated rings. The van der Waals surface area contributed by atoms with Crippen molar-refractivity contribution < 1.29 is 5.11 Å². The van der Waals surface area contributed by atoms with Crippen LogP contribution >= 0.6 is 0 Å². The van der Waals surface area contributed by atoms with Gasteiger partial charge in [-0.1, -0.05) is 0 Å². The van der Waals surface area contributed by atoms with Gasteiger partial charge in [0.05, 0.1) is 0 Å². The van der Waals surface area contributed by atoms with Crippen molar-refractivity contribution in [1.29, 1.82) is 0 Å². The predicted molar refractivity (Wildman–Crippen MR) is 47.0 cm³/mol. The summed E-state index contributed by atoms with van der Waals surface area (Å²) in [5.74, 6) is 0. The third kappa shape index (κ3) is 5.02. The summed E-state index contributed by atoms with van der Waals surface area (Å²) in [6.07, 6.45) is 0. The van der Waals surface area contributed by atoms with E-state index in [1.165, 1.54) is 10.6 Å². The Morgan fingerprint density at radius 2 is 1.80 bits per heavy atom. The summed E-state index contributed by atoms with van der Waals surface area (Å²) in [5.41, 5.74) is 0. The van der Waals surface area contributed by atoms with Gasteiger partial charge in [-0.15, -0.1) is 0 Å². The molecule has 0 aliphatic heterocycles. The molecule has 1 N–H and O–H groups in total. The molecule has 0 bridgehead atoms. The zero-order chi connectivity index (χ0) is 7.98. The van der Waals surface area contributed by atoms with Gasteiger partial charge in [0.1, 0.15) is 0 Å². The minimum atomic E-state index is 0.483. The fourth-order valence-electron chi connectivity index (χ4n) is 0.382. The van der Waals surface area contributed by atoms with Gasteiger partial charge in [-0.05, 0) is 0 Å². The Bertz CT molecular complexity index is 106. The van der Waals surface area contributed by atoms with Crippen LogP contribution in [-0.4, -0.2) is 64.1 Å². The van der Waals surface area contributed by atoms with E-state index in [0.29, 0.717) is 34.2 Å². The molecular formula is C5H11NOSe2Te. The summed E-state index contributed by atoms with van der Waals surface area (Å²) in [4.78, 5) is 0. The molecule has 60 valence electrons. The quantitative estimate of drug-likeness (QED) is 0.674. The molecule has 0 atom stereocenters. The SMILES string of the molecule is CC[Se]N([Se]CC)C(O)=[Te]. The molecule has 0 unspecified atom stereocenters. The van der Waals surface area contributed by atoms with E-state index < -0.39 is 0 Å². The van der Waals surface area contributed by atoms with E-state index in [1.54, 1.807) is 21.8 Å². The molecule has 0 heterocycles. The van der Waals surface area contributed by atoms with Gasteiger partial charge in [0.15, 0.2) is 0 Å². The molecule has 2 nitrogen and oxygen atoms in total. The Morgan fingerprint density at radius 3 is 2.00 bits per heavy atom. The van der Waals surface area contributed by atoms with Crippen molar-refractivity contribution in [3.63, 3.8) is 0 Å². The van der Waals surface area contributed by atoms with Crippen LogP contribution in [0.15, 0.2) is 0 Å². The van der Waals surface area contributed by atoms with Crippen molar-refractivity contribution in [1.82, 2.24) is 2.93 Å². The van der Waals surface area contributed by atoms with E-state index in [1.807, 2.05) is 0 Å². The van der Waals surface area contributed by atoms with Crippen molar-refractivity contribution in [3.8, 4) is 0 Å². The normalized spacial score (nSPS) is 9.40. The van der Waals surface area contributed by atoms with Crippen LogP contribution in [0, 0.1) is 0 Å². The predicted octanol–water partition coefficient (Wildman–Crippen LogP) is 0.0316. The Kier molecular flexibility index (Phi) is 7.88. The number of hydrogen-bond acceptors (Lipinski definition) is 2. The molecule has 0 saturated carbocycles. The Balaban J connectivity index is 3.61. The van der Waals surface area contributed by atoms with Crippen molar-refractivity contribution >= 4 is 56.0 Å². The molecule has 0 aromatic carbocycles. The van der Waals surface area contributed by atoms with Crippen molar-refractivity contribution in [2.75, 3.05) is 0 Å². The van der Waals surface area contributed by atoms with Gasteiger partial charge >= 0.3 is 88.6 Å². The van der Waals surface area contributed by atoms with E-state index in [0.717, 1.165) is 0 Å². The molecule has 0 amide bonds. The van der Waals surface area contributed by atoms with Crippen LogP contribution in [0.3, 0.4) is 0 Å². The van der Waals surface area contributed by atoms with Gasteiger partial charge in [-0.2, -0.15) is 0 Å². The molecule has 0 aliphatic carbocycles. The molecule has 0 rings (SSSR count). The van der Waals surface area contributed by atoms with Gasteiger partial charge in [0, 0.05) is 0 Å². The molecule has 0 saturated heterocycles. The monoisotopic (exact) mass is 391 g/mol. The average molecular weight is 387 g/mol. The van der Waals surface area contributed by atoms with E-state index in [9.17, 15) is 0 Å². The number of aliphatic hydroxyl groups is 1. The van der Waals surface area contributed by atoms with Crippen LogP contribution in [0.5, 0.6) is 0 Å². The third-order valence-electron chi connectivity index (χ3n) is 0.649. The first-order chi connectivity index (χ1) is 4.72. The third-order valence-corrected chi connectivity index (χ3v) is 7.88. The van der Waals surface area contributed by atoms with Crippen LogP contribution in [0.1, 0.15) is 13.8 Å². The van der Waals surface area contributed by atoms with E-state index in [2.05, 4.69) is 16.8 Å². The van der Waals surface area contributed by atoms with Gasteiger partial charge in [-0.3, -0.25) is 0 Å². The number of hydrogen-bond donors (Lipinski definition) is 1. The number of nitrogens with zero attached hydrogens (tertiary/aromatic N) is 1. The zero-order valence-corrected chi connectivity index (χ0v) is 11.8. The maximum atomic E-state index is 9.15. The second-order valence-corrected chi connectivity index (χ2v) is 8.63. The molecule has 0 aromatic rings. The molecule has 0 radical (unpaired) electrons. The summed E-state index contributed by atoms with van der Waals surface area (Å²) in [7, 11) is 0. The van der Waals surface area contributed by atoms with E-state index >= 15 is 0 Å². The Hall–Kier alpha value is 1.30. The standard InChI is InChI=1S/C5H11NOSe2Te/c1-3-8-6(5(7)10)9-4-2/h3-4H2,1-2H3,(H,7,10). The molecule has 5 heteroatoms. The van der Waals surface area contributed by atoms with Crippen molar-refractivity contribution in [2.24, 2.45) is 0 Å². The van der Waals surface area contributed by atoms with Crippen LogP contribution in [0.4, 0.5) is 0 Å². The van der Waals surface area contributed by atoms with Gasteiger partial charge in [0.25, 0.3) is 0 Å². The first kappa shape index (κ1) is 11.3. The van der Waals surface area contributed by atoms with Crippen LogP contribution < -0.4 is 0 Å². The van der Waals surface area contributed by atoms with Crippen LogP contribution in [0.25, 0.3) is 0 Å². The van der Waals surface area contributed by atoms with Crippen LogP contribution in [-0.2, 0) is 0 Å². The van der Waals surface area contributed by atoms with Gasteiger partial charge in [-0.25, -0.2) is 0 Å². The molecule has 10 heavy (non-hydrogen) atoms. The number of rotatable bonds is 5. The summed E-state index contributed by atoms with van der Waals surface area (Å²) in [5, 5.41) is 11.5. The molecule has 0 aromatic heterocycles. The van der Waals surface area contributed by atoms with E-state index in [-0.39, 0.29) is 0 Å². The summed E-state index contributed by atoms with van der Waals surface area (Å²) >= 11 is 2.67. The number of aliphatic hydroxyl groups excluding tert-OH is 1. The first-order valence-electron chi connectivity index (χ1n) is 3.01. The fourth-order valence-corrected chi connectivity index (χ4v) is 6.66. The fraction of sp³-hybridized carbons (Fsp3) is 0.800. The Labute approximate surface area is 87.9 Å². The topological polar surface area (TPSA) is 23.5 Å². The second-order valence-electron chi connectivity index (χ2n) is 1.38. The minimum absolute atomic E-state index is 0.483. The average Bonchev–Trinajstić information content (AvgIpc) is 1.87. The van der Waals surface area contributed by atoms with Crippen LogP contribution in [0.2, 0.25) is 10.6 Å². The summed E-state index contributed by atoms with van der Waals surface area (Å²) in [6.45, 7) is 4.31. The maximum absolute atomic E-state index is 9.15. The van der Waals surface area contributed by atoms with Gasteiger partial charge < -0.3 is 0 Å². The van der Waals surface area contributed by atoms with Crippen molar-refractivity contribution in [2.45, 2.75) is 24.5 Å². The zero-order valence-electron chi connectivity index (χ0n) is 6.03. The summed E-state index contributed by atoms with van der Waals surface area (Å²) < 4.78 is 2.64. The second kappa shape index (κ2) is 6.98. The first-order valence-corrected chi connectivity index (χ1v) is 8.13. The van der Waals surface area contributed by atoms with Gasteiger partial charge in [0.2, 0.25) is 0 Å². The molecule has 0 spiro atoms. The Morgan fingerprint density at radius 1 is 1.40 bits per heavy atom. The molecular weight excluding hydrogens is 376 g/mol.